The van der Waals surface area contributed by atoms with E-state index in [0.29, 0.717) is 11.4 Å². The van der Waals surface area contributed by atoms with Gasteiger partial charge < -0.3 is 0 Å². The molecular weight excluding hydrogens is 205 g/mol. The third-order valence-electron chi connectivity index (χ3n) is 2.13. The second-order valence-corrected chi connectivity index (χ2v) is 3.33. The summed E-state index contributed by atoms with van der Waals surface area (Å²) in [5.74, 6) is -0.126. The van der Waals surface area contributed by atoms with Crippen LogP contribution in [0.1, 0.15) is 11.3 Å². The minimum absolute atomic E-state index is 0.253. The Balaban J connectivity index is 2.60. The first kappa shape index (κ1) is 10.2. The Hall–Kier alpha value is -2.28. The number of benzene rings is 1. The number of rotatable bonds is 1. The standard InChI is InChI=1S/C12H8FN3/c1-8-4-5-15-12(16-8)10-6-9(7-14)2-3-11(10)13/h2-6H,1H3. The monoisotopic (exact) mass is 213 g/mol. The van der Waals surface area contributed by atoms with Crippen LogP contribution in [0.4, 0.5) is 4.39 Å². The summed E-state index contributed by atoms with van der Waals surface area (Å²) in [6.45, 7) is 1.80. The van der Waals surface area contributed by atoms with Crippen molar-refractivity contribution in [3.05, 3.63) is 47.5 Å². The summed E-state index contributed by atoms with van der Waals surface area (Å²) in [5.41, 5.74) is 1.40. The van der Waals surface area contributed by atoms with E-state index >= 15 is 0 Å². The molecule has 16 heavy (non-hydrogen) atoms. The van der Waals surface area contributed by atoms with Gasteiger partial charge in [0.15, 0.2) is 5.82 Å². The van der Waals surface area contributed by atoms with E-state index in [-0.39, 0.29) is 5.56 Å². The quantitative estimate of drug-likeness (QED) is 0.731. The molecule has 3 nitrogen and oxygen atoms in total. The van der Waals surface area contributed by atoms with Crippen LogP contribution in [0.5, 0.6) is 0 Å². The molecule has 0 N–H and O–H groups in total. The van der Waals surface area contributed by atoms with Crippen molar-refractivity contribution >= 4 is 0 Å². The van der Waals surface area contributed by atoms with E-state index in [0.717, 1.165) is 5.69 Å². The lowest BCUT2D eigenvalue weighted by atomic mass is 10.1. The van der Waals surface area contributed by atoms with E-state index in [1.165, 1.54) is 18.2 Å². The molecule has 0 saturated carbocycles. The van der Waals surface area contributed by atoms with Gasteiger partial charge in [0.05, 0.1) is 17.2 Å². The molecule has 0 aliphatic rings. The predicted octanol–water partition coefficient (Wildman–Crippen LogP) is 2.46. The fraction of sp³-hybridized carbons (Fsp3) is 0.0833. The highest BCUT2D eigenvalue weighted by atomic mass is 19.1. The van der Waals surface area contributed by atoms with Crippen LogP contribution in [0.2, 0.25) is 0 Å². The predicted molar refractivity (Wildman–Crippen MR) is 56.9 cm³/mol. The van der Waals surface area contributed by atoms with E-state index in [4.69, 9.17) is 5.26 Å². The van der Waals surface area contributed by atoms with Crippen LogP contribution in [-0.4, -0.2) is 9.97 Å². The Bertz CT molecular complexity index is 573. The van der Waals surface area contributed by atoms with E-state index in [1.807, 2.05) is 6.07 Å². The number of aryl methyl sites for hydroxylation is 1. The topological polar surface area (TPSA) is 49.6 Å². The summed E-state index contributed by atoms with van der Waals surface area (Å²) in [5, 5.41) is 8.74. The summed E-state index contributed by atoms with van der Waals surface area (Å²) < 4.78 is 13.5. The zero-order valence-electron chi connectivity index (χ0n) is 8.61. The molecule has 1 aromatic heterocycles. The number of nitriles is 1. The second-order valence-electron chi connectivity index (χ2n) is 3.33. The van der Waals surface area contributed by atoms with Crippen molar-refractivity contribution in [2.75, 3.05) is 0 Å². The van der Waals surface area contributed by atoms with Crippen LogP contribution in [-0.2, 0) is 0 Å². The van der Waals surface area contributed by atoms with Gasteiger partial charge in [-0.05, 0) is 31.2 Å². The first-order chi connectivity index (χ1) is 7.70. The second kappa shape index (κ2) is 4.07. The Morgan fingerprint density at radius 3 is 2.81 bits per heavy atom. The van der Waals surface area contributed by atoms with Crippen molar-refractivity contribution in [2.24, 2.45) is 0 Å². The molecule has 0 aliphatic heterocycles. The average Bonchev–Trinajstić information content (AvgIpc) is 2.30. The molecule has 0 spiro atoms. The maximum atomic E-state index is 13.5. The molecule has 0 fully saturated rings. The summed E-state index contributed by atoms with van der Waals surface area (Å²) >= 11 is 0. The van der Waals surface area contributed by atoms with Crippen LogP contribution in [0.25, 0.3) is 11.4 Å². The van der Waals surface area contributed by atoms with Gasteiger partial charge in [0.25, 0.3) is 0 Å². The highest BCUT2D eigenvalue weighted by Crippen LogP contribution is 2.20. The van der Waals surface area contributed by atoms with Crippen molar-refractivity contribution < 1.29 is 4.39 Å². The Kier molecular flexibility index (Phi) is 2.61. The molecular formula is C12H8FN3. The lowest BCUT2D eigenvalue weighted by Gasteiger charge is -2.02. The van der Waals surface area contributed by atoms with E-state index in [9.17, 15) is 4.39 Å². The molecule has 2 aromatic rings. The number of halogens is 1. The van der Waals surface area contributed by atoms with Gasteiger partial charge in [0.2, 0.25) is 0 Å². The van der Waals surface area contributed by atoms with Crippen molar-refractivity contribution in [1.82, 2.24) is 9.97 Å². The highest BCUT2D eigenvalue weighted by Gasteiger charge is 2.08. The smallest absolute Gasteiger partial charge is 0.162 e. The molecule has 0 unspecified atom stereocenters. The number of nitrogens with zero attached hydrogens (tertiary/aromatic N) is 3. The van der Waals surface area contributed by atoms with Crippen molar-refractivity contribution in [3.63, 3.8) is 0 Å². The van der Waals surface area contributed by atoms with Crippen LogP contribution >= 0.6 is 0 Å². The molecule has 0 bridgehead atoms. The van der Waals surface area contributed by atoms with Crippen LogP contribution in [0.3, 0.4) is 0 Å². The maximum absolute atomic E-state index is 13.5. The minimum Gasteiger partial charge on any atom is -0.236 e. The molecule has 0 aliphatic carbocycles. The number of aromatic nitrogens is 2. The lowest BCUT2D eigenvalue weighted by molar-refractivity contribution is 0.629. The summed E-state index contributed by atoms with van der Waals surface area (Å²) in [7, 11) is 0. The van der Waals surface area contributed by atoms with Gasteiger partial charge in [-0.2, -0.15) is 5.26 Å². The van der Waals surface area contributed by atoms with Gasteiger partial charge in [-0.15, -0.1) is 0 Å². The van der Waals surface area contributed by atoms with Gasteiger partial charge in [-0.1, -0.05) is 0 Å². The summed E-state index contributed by atoms with van der Waals surface area (Å²) in [4.78, 5) is 8.10. The van der Waals surface area contributed by atoms with Crippen LogP contribution < -0.4 is 0 Å². The number of hydrogen-bond acceptors (Lipinski definition) is 3. The van der Waals surface area contributed by atoms with Gasteiger partial charge in [-0.25, -0.2) is 14.4 Å². The molecule has 78 valence electrons. The molecule has 0 amide bonds. The van der Waals surface area contributed by atoms with E-state index < -0.39 is 5.82 Å². The largest absolute Gasteiger partial charge is 0.236 e. The molecule has 0 atom stereocenters. The normalized spacial score (nSPS) is 9.81. The van der Waals surface area contributed by atoms with Crippen molar-refractivity contribution in [1.29, 1.82) is 5.26 Å². The van der Waals surface area contributed by atoms with Gasteiger partial charge in [0, 0.05) is 11.9 Å². The van der Waals surface area contributed by atoms with Gasteiger partial charge in [-0.3, -0.25) is 0 Å². The SMILES string of the molecule is Cc1ccnc(-c2cc(C#N)ccc2F)n1. The Morgan fingerprint density at radius 1 is 1.31 bits per heavy atom. The molecule has 1 aromatic carbocycles. The van der Waals surface area contributed by atoms with Crippen LogP contribution in [0, 0.1) is 24.1 Å². The molecule has 1 heterocycles. The summed E-state index contributed by atoms with van der Waals surface area (Å²) in [6.07, 6.45) is 1.57. The van der Waals surface area contributed by atoms with Gasteiger partial charge in [0.1, 0.15) is 5.82 Å². The van der Waals surface area contributed by atoms with E-state index in [1.54, 1.807) is 19.2 Å². The maximum Gasteiger partial charge on any atom is 0.162 e. The number of hydrogen-bond donors (Lipinski definition) is 0. The molecule has 0 saturated heterocycles. The van der Waals surface area contributed by atoms with Crippen molar-refractivity contribution in [2.45, 2.75) is 6.92 Å². The van der Waals surface area contributed by atoms with Crippen LogP contribution in [0.15, 0.2) is 30.5 Å². The summed E-state index contributed by atoms with van der Waals surface area (Å²) in [6, 6.07) is 7.81. The Morgan fingerprint density at radius 2 is 2.12 bits per heavy atom. The highest BCUT2D eigenvalue weighted by molar-refractivity contribution is 5.58. The third kappa shape index (κ3) is 1.89. The van der Waals surface area contributed by atoms with E-state index in [2.05, 4.69) is 9.97 Å². The first-order valence-corrected chi connectivity index (χ1v) is 4.70. The zero-order chi connectivity index (χ0) is 11.5. The molecule has 2 rings (SSSR count). The average molecular weight is 213 g/mol. The Labute approximate surface area is 92.2 Å². The fourth-order valence-corrected chi connectivity index (χ4v) is 1.34. The zero-order valence-corrected chi connectivity index (χ0v) is 8.61. The lowest BCUT2D eigenvalue weighted by Crippen LogP contribution is -1.94. The fourth-order valence-electron chi connectivity index (χ4n) is 1.34. The molecule has 0 radical (unpaired) electrons. The van der Waals surface area contributed by atoms with Crippen molar-refractivity contribution in [3.8, 4) is 17.5 Å². The molecule has 4 heteroatoms. The first-order valence-electron chi connectivity index (χ1n) is 4.70. The third-order valence-corrected chi connectivity index (χ3v) is 2.13. The minimum atomic E-state index is -0.426. The van der Waals surface area contributed by atoms with Gasteiger partial charge >= 0.3 is 0 Å².